The van der Waals surface area contributed by atoms with Crippen LogP contribution in [0, 0.1) is 10.1 Å². The van der Waals surface area contributed by atoms with Gasteiger partial charge >= 0.3 is 0 Å². The Bertz CT molecular complexity index is 1010. The second-order valence-corrected chi connectivity index (χ2v) is 5.40. The summed E-state index contributed by atoms with van der Waals surface area (Å²) in [5.41, 5.74) is 0.961. The Morgan fingerprint density at radius 1 is 0.750 bits per heavy atom. The summed E-state index contributed by atoms with van der Waals surface area (Å²) in [6, 6.07) is 16.0. The number of anilines is 1. The molecule has 2 amide bonds. The number of nitro benzene ring substituents is 1. The Morgan fingerprint density at radius 2 is 1.29 bits per heavy atom. The van der Waals surface area contributed by atoms with Crippen LogP contribution in [0.1, 0.15) is 20.7 Å². The van der Waals surface area contributed by atoms with Crippen LogP contribution in [0.25, 0.3) is 10.8 Å². The van der Waals surface area contributed by atoms with Crippen molar-refractivity contribution in [2.45, 2.75) is 0 Å². The molecule has 0 aromatic heterocycles. The molecule has 0 aliphatic carbocycles. The van der Waals surface area contributed by atoms with E-state index in [1.54, 1.807) is 48.5 Å². The monoisotopic (exact) mass is 318 g/mol. The topological polar surface area (TPSA) is 80.5 Å². The first-order valence-corrected chi connectivity index (χ1v) is 7.23. The standard InChI is InChI=1S/C18H10N2O4/c21-17-13-7-3-4-8-14(13)18(22)19(17)15-9-10-16(20(23)24)12-6-2-1-5-11(12)15/h1-10H. The number of hydrogen-bond donors (Lipinski definition) is 0. The minimum absolute atomic E-state index is 0.0639. The van der Waals surface area contributed by atoms with Gasteiger partial charge in [0.2, 0.25) is 0 Å². The van der Waals surface area contributed by atoms with E-state index >= 15 is 0 Å². The Balaban J connectivity index is 1.96. The molecule has 0 bridgehead atoms. The predicted molar refractivity (Wildman–Crippen MR) is 88.2 cm³/mol. The molecule has 6 nitrogen and oxygen atoms in total. The Hall–Kier alpha value is -3.54. The fraction of sp³-hybridized carbons (Fsp3) is 0. The van der Waals surface area contributed by atoms with Crippen LogP contribution in [-0.2, 0) is 0 Å². The number of nitro groups is 1. The molecule has 0 spiro atoms. The summed E-state index contributed by atoms with van der Waals surface area (Å²) < 4.78 is 0. The molecule has 1 heterocycles. The highest BCUT2D eigenvalue weighted by Crippen LogP contribution is 2.37. The van der Waals surface area contributed by atoms with Gasteiger partial charge in [0.1, 0.15) is 0 Å². The number of nitrogens with zero attached hydrogens (tertiary/aromatic N) is 2. The number of benzene rings is 3. The van der Waals surface area contributed by atoms with E-state index in [9.17, 15) is 19.7 Å². The van der Waals surface area contributed by atoms with E-state index in [2.05, 4.69) is 0 Å². The predicted octanol–water partition coefficient (Wildman–Crippen LogP) is 3.55. The lowest BCUT2D eigenvalue weighted by atomic mass is 10.1. The molecule has 0 fully saturated rings. The molecule has 4 rings (SSSR count). The van der Waals surface area contributed by atoms with Gasteiger partial charge in [-0.2, -0.15) is 0 Å². The van der Waals surface area contributed by atoms with Gasteiger partial charge in [0, 0.05) is 11.5 Å². The fourth-order valence-corrected chi connectivity index (χ4v) is 3.03. The van der Waals surface area contributed by atoms with Crippen molar-refractivity contribution >= 4 is 34.0 Å². The zero-order valence-electron chi connectivity index (χ0n) is 12.3. The van der Waals surface area contributed by atoms with Crippen LogP contribution in [0.5, 0.6) is 0 Å². The molecule has 1 aliphatic rings. The van der Waals surface area contributed by atoms with Gasteiger partial charge < -0.3 is 0 Å². The van der Waals surface area contributed by atoms with Crippen LogP contribution in [-0.4, -0.2) is 16.7 Å². The molecule has 0 N–H and O–H groups in total. The molecular weight excluding hydrogens is 308 g/mol. The third kappa shape index (κ3) is 1.83. The van der Waals surface area contributed by atoms with Crippen molar-refractivity contribution in [2.75, 3.05) is 4.90 Å². The van der Waals surface area contributed by atoms with Gasteiger partial charge in [0.05, 0.1) is 27.1 Å². The molecule has 1 aliphatic heterocycles. The maximum absolute atomic E-state index is 12.6. The van der Waals surface area contributed by atoms with Crippen molar-refractivity contribution in [3.63, 3.8) is 0 Å². The summed E-state index contributed by atoms with van der Waals surface area (Å²) in [6.07, 6.45) is 0. The molecule has 0 unspecified atom stereocenters. The summed E-state index contributed by atoms with van der Waals surface area (Å²) in [5.74, 6) is -0.843. The number of imide groups is 1. The van der Waals surface area contributed by atoms with Crippen molar-refractivity contribution in [2.24, 2.45) is 0 Å². The van der Waals surface area contributed by atoms with Crippen LogP contribution in [0.2, 0.25) is 0 Å². The first kappa shape index (κ1) is 14.1. The van der Waals surface area contributed by atoms with E-state index in [1.165, 1.54) is 12.1 Å². The van der Waals surface area contributed by atoms with E-state index < -0.39 is 16.7 Å². The molecule has 3 aromatic rings. The quantitative estimate of drug-likeness (QED) is 0.411. The molecule has 6 heteroatoms. The molecule has 24 heavy (non-hydrogen) atoms. The second kappa shape index (κ2) is 4.99. The van der Waals surface area contributed by atoms with Gasteiger partial charge in [-0.25, -0.2) is 4.90 Å². The fourth-order valence-electron chi connectivity index (χ4n) is 3.03. The number of hydrogen-bond acceptors (Lipinski definition) is 4. The zero-order valence-corrected chi connectivity index (χ0v) is 12.3. The van der Waals surface area contributed by atoms with Gasteiger partial charge in [-0.05, 0) is 24.3 Å². The Kier molecular flexibility index (Phi) is 2.93. The van der Waals surface area contributed by atoms with Crippen molar-refractivity contribution < 1.29 is 14.5 Å². The third-order valence-corrected chi connectivity index (χ3v) is 4.11. The van der Waals surface area contributed by atoms with Crippen molar-refractivity contribution in [1.82, 2.24) is 0 Å². The van der Waals surface area contributed by atoms with Crippen LogP contribution >= 0.6 is 0 Å². The molecule has 3 aromatic carbocycles. The summed E-state index contributed by atoms with van der Waals surface area (Å²) in [5, 5.41) is 12.1. The minimum atomic E-state index is -0.478. The first-order valence-electron chi connectivity index (χ1n) is 7.23. The number of carbonyl (C=O) groups excluding carboxylic acids is 2. The molecule has 0 radical (unpaired) electrons. The Labute approximate surface area is 136 Å². The highest BCUT2D eigenvalue weighted by atomic mass is 16.6. The third-order valence-electron chi connectivity index (χ3n) is 4.11. The van der Waals surface area contributed by atoms with Crippen LogP contribution in [0.3, 0.4) is 0 Å². The van der Waals surface area contributed by atoms with Crippen molar-refractivity contribution in [3.05, 3.63) is 81.9 Å². The van der Waals surface area contributed by atoms with E-state index in [-0.39, 0.29) is 5.69 Å². The van der Waals surface area contributed by atoms with Gasteiger partial charge in [0.25, 0.3) is 17.5 Å². The number of rotatable bonds is 2. The maximum atomic E-state index is 12.6. The lowest BCUT2D eigenvalue weighted by Crippen LogP contribution is -2.29. The highest BCUT2D eigenvalue weighted by Gasteiger charge is 2.37. The van der Waals surface area contributed by atoms with Gasteiger partial charge in [-0.3, -0.25) is 19.7 Å². The lowest BCUT2D eigenvalue weighted by molar-refractivity contribution is -0.383. The van der Waals surface area contributed by atoms with Crippen LogP contribution in [0.15, 0.2) is 60.7 Å². The molecule has 0 saturated carbocycles. The van der Waals surface area contributed by atoms with Gasteiger partial charge in [-0.15, -0.1) is 0 Å². The Morgan fingerprint density at radius 3 is 1.88 bits per heavy atom. The van der Waals surface area contributed by atoms with E-state index in [0.717, 1.165) is 4.90 Å². The first-order chi connectivity index (χ1) is 11.6. The van der Waals surface area contributed by atoms with E-state index in [0.29, 0.717) is 27.6 Å². The van der Waals surface area contributed by atoms with Gasteiger partial charge in [-0.1, -0.05) is 30.3 Å². The number of fused-ring (bicyclic) bond motifs is 2. The average Bonchev–Trinajstić information content (AvgIpc) is 2.85. The van der Waals surface area contributed by atoms with Crippen LogP contribution < -0.4 is 4.90 Å². The summed E-state index contributed by atoms with van der Waals surface area (Å²) >= 11 is 0. The van der Waals surface area contributed by atoms with E-state index in [1.807, 2.05) is 0 Å². The molecule has 0 atom stereocenters. The molecule has 116 valence electrons. The van der Waals surface area contributed by atoms with Gasteiger partial charge in [0.15, 0.2) is 0 Å². The largest absolute Gasteiger partial charge is 0.277 e. The van der Waals surface area contributed by atoms with E-state index in [4.69, 9.17) is 0 Å². The van der Waals surface area contributed by atoms with Crippen molar-refractivity contribution in [1.29, 1.82) is 0 Å². The minimum Gasteiger partial charge on any atom is -0.268 e. The molecular formula is C18H10N2O4. The average molecular weight is 318 g/mol. The van der Waals surface area contributed by atoms with Crippen molar-refractivity contribution in [3.8, 4) is 0 Å². The van der Waals surface area contributed by atoms with Crippen LogP contribution in [0.4, 0.5) is 11.4 Å². The normalized spacial score (nSPS) is 13.4. The summed E-state index contributed by atoms with van der Waals surface area (Å²) in [7, 11) is 0. The number of carbonyl (C=O) groups is 2. The second-order valence-electron chi connectivity index (χ2n) is 5.40. The summed E-state index contributed by atoms with van der Waals surface area (Å²) in [6.45, 7) is 0. The summed E-state index contributed by atoms with van der Waals surface area (Å²) in [4.78, 5) is 37.1. The lowest BCUT2D eigenvalue weighted by Gasteiger charge is -2.16. The number of amides is 2. The highest BCUT2D eigenvalue weighted by molar-refractivity contribution is 6.36. The molecule has 0 saturated heterocycles. The zero-order chi connectivity index (χ0) is 16.8. The SMILES string of the molecule is O=C1c2ccccc2C(=O)N1c1ccc([N+](=O)[O-])c2ccccc12. The smallest absolute Gasteiger partial charge is 0.268 e. The number of non-ortho nitro benzene ring substituents is 1. The maximum Gasteiger partial charge on any atom is 0.277 e.